The van der Waals surface area contributed by atoms with Crippen molar-refractivity contribution in [2.45, 2.75) is 38.1 Å². The maximum atomic E-state index is 12.9. The Bertz CT molecular complexity index is 984. The van der Waals surface area contributed by atoms with Crippen LogP contribution in [0.1, 0.15) is 37.9 Å². The summed E-state index contributed by atoms with van der Waals surface area (Å²) in [5.41, 5.74) is 0.783. The van der Waals surface area contributed by atoms with Crippen LogP contribution in [-0.4, -0.2) is 83.2 Å². The summed E-state index contributed by atoms with van der Waals surface area (Å²) in [6.07, 6.45) is 7.67. The topological polar surface area (TPSA) is 103 Å². The van der Waals surface area contributed by atoms with E-state index in [-0.39, 0.29) is 24.2 Å². The van der Waals surface area contributed by atoms with Crippen LogP contribution in [0.2, 0.25) is 0 Å². The summed E-state index contributed by atoms with van der Waals surface area (Å²) < 4.78 is 5.88. The van der Waals surface area contributed by atoms with Gasteiger partial charge in [-0.3, -0.25) is 9.59 Å². The van der Waals surface area contributed by atoms with Crippen molar-refractivity contribution < 1.29 is 14.3 Å². The molecule has 2 atom stereocenters. The first kappa shape index (κ1) is 23.8. The first-order chi connectivity index (χ1) is 16.6. The zero-order valence-electron chi connectivity index (χ0n) is 19.6. The Labute approximate surface area is 200 Å². The molecule has 0 bridgehead atoms. The summed E-state index contributed by atoms with van der Waals surface area (Å²) in [5.74, 6) is -0.322. The van der Waals surface area contributed by atoms with Gasteiger partial charge < -0.3 is 24.8 Å². The lowest BCUT2D eigenvalue weighted by Crippen LogP contribution is -2.53. The van der Waals surface area contributed by atoms with E-state index in [1.165, 1.54) is 36.7 Å². The Kier molecular flexibility index (Phi) is 7.84. The molecule has 2 aliphatic rings. The fourth-order valence-electron chi connectivity index (χ4n) is 4.56. The van der Waals surface area contributed by atoms with Crippen molar-refractivity contribution in [1.29, 1.82) is 5.41 Å². The molecule has 180 valence electrons. The van der Waals surface area contributed by atoms with Gasteiger partial charge in [0.2, 0.25) is 11.8 Å². The predicted molar refractivity (Wildman–Crippen MR) is 129 cm³/mol. The minimum Gasteiger partial charge on any atom is -0.494 e. The fraction of sp³-hybridized carbons (Fsp3) is 0.480. The zero-order valence-corrected chi connectivity index (χ0v) is 19.6. The average molecular weight is 465 g/mol. The fourth-order valence-corrected chi connectivity index (χ4v) is 4.56. The highest BCUT2D eigenvalue weighted by Crippen LogP contribution is 2.23. The number of nitrogens with zero attached hydrogens (tertiary/aromatic N) is 5. The molecule has 2 fully saturated rings. The van der Waals surface area contributed by atoms with Crippen LogP contribution >= 0.6 is 0 Å². The second kappa shape index (κ2) is 11.2. The molecule has 2 saturated heterocycles. The first-order valence-electron chi connectivity index (χ1n) is 11.9. The third-order valence-corrected chi connectivity index (χ3v) is 6.53. The molecule has 9 heteroatoms. The summed E-state index contributed by atoms with van der Waals surface area (Å²) in [7, 11) is 0. The number of ether oxygens (including phenoxy) is 1. The van der Waals surface area contributed by atoms with Crippen molar-refractivity contribution in [2.24, 2.45) is 0 Å². The highest BCUT2D eigenvalue weighted by atomic mass is 16.5. The Hall–Kier alpha value is -3.33. The molecule has 0 saturated carbocycles. The lowest BCUT2D eigenvalue weighted by Gasteiger charge is -2.35. The first-order valence-corrected chi connectivity index (χ1v) is 11.9. The normalized spacial score (nSPS) is 19.8. The minimum absolute atomic E-state index is 0.0385. The van der Waals surface area contributed by atoms with Crippen LogP contribution in [0.25, 0.3) is 0 Å². The van der Waals surface area contributed by atoms with Crippen molar-refractivity contribution in [3.63, 3.8) is 0 Å². The van der Waals surface area contributed by atoms with Crippen molar-refractivity contribution in [2.75, 3.05) is 44.2 Å². The highest BCUT2D eigenvalue weighted by molar-refractivity contribution is 6.02. The molecule has 34 heavy (non-hydrogen) atoms. The van der Waals surface area contributed by atoms with E-state index in [1.807, 2.05) is 24.3 Å². The molecule has 1 aromatic heterocycles. The van der Waals surface area contributed by atoms with E-state index in [1.54, 1.807) is 11.0 Å². The van der Waals surface area contributed by atoms with Gasteiger partial charge in [0.25, 0.3) is 0 Å². The third-order valence-electron chi connectivity index (χ3n) is 6.53. The third kappa shape index (κ3) is 5.59. The minimum atomic E-state index is -0.884. The van der Waals surface area contributed by atoms with Gasteiger partial charge in [-0.1, -0.05) is 0 Å². The molecule has 4 rings (SSSR count). The maximum absolute atomic E-state index is 12.9. The number of carbonyl (C=O) groups excluding carboxylic acids is 2. The van der Waals surface area contributed by atoms with Crippen LogP contribution < -0.4 is 9.64 Å². The van der Waals surface area contributed by atoms with Crippen molar-refractivity contribution in [3.8, 4) is 5.75 Å². The van der Waals surface area contributed by atoms with E-state index >= 15 is 0 Å². The van der Waals surface area contributed by atoms with Gasteiger partial charge >= 0.3 is 0 Å². The number of piperazine rings is 1. The van der Waals surface area contributed by atoms with Gasteiger partial charge in [-0.2, -0.15) is 0 Å². The summed E-state index contributed by atoms with van der Waals surface area (Å²) in [6.45, 7) is 5.93. The Balaban J connectivity index is 1.27. The molecule has 2 aromatic rings. The second-order valence-electron chi connectivity index (χ2n) is 8.78. The number of hydrogen-bond acceptors (Lipinski definition) is 7. The van der Waals surface area contributed by atoms with Crippen LogP contribution in [0.15, 0.2) is 42.7 Å². The number of nitrogens with one attached hydrogen (secondary N) is 1. The van der Waals surface area contributed by atoms with Gasteiger partial charge in [0.1, 0.15) is 24.0 Å². The number of rotatable bonds is 9. The van der Waals surface area contributed by atoms with E-state index in [0.717, 1.165) is 30.6 Å². The summed E-state index contributed by atoms with van der Waals surface area (Å²) in [4.78, 5) is 39.6. The van der Waals surface area contributed by atoms with Crippen molar-refractivity contribution in [3.05, 3.63) is 48.5 Å². The lowest BCUT2D eigenvalue weighted by molar-refractivity contribution is -0.136. The molecule has 0 radical (unpaired) electrons. The zero-order chi connectivity index (χ0) is 23.9. The number of likely N-dealkylation sites (tertiary alicyclic amines) is 1. The second-order valence-corrected chi connectivity index (χ2v) is 8.78. The monoisotopic (exact) mass is 464 g/mol. The van der Waals surface area contributed by atoms with Crippen LogP contribution in [0.3, 0.4) is 0 Å². The van der Waals surface area contributed by atoms with Crippen LogP contribution in [0.5, 0.6) is 5.75 Å². The van der Waals surface area contributed by atoms with Gasteiger partial charge in [-0.05, 0) is 63.1 Å². The van der Waals surface area contributed by atoms with E-state index in [2.05, 4.69) is 21.8 Å². The molecular weight excluding hydrogens is 432 g/mol. The van der Waals surface area contributed by atoms with Crippen LogP contribution in [0, 0.1) is 5.41 Å². The average Bonchev–Trinajstić information content (AvgIpc) is 3.28. The molecule has 2 unspecified atom stereocenters. The van der Waals surface area contributed by atoms with E-state index < -0.39 is 5.92 Å². The summed E-state index contributed by atoms with van der Waals surface area (Å²) in [5, 5.41) is 7.64. The predicted octanol–water partition coefficient (Wildman–Crippen LogP) is 2.34. The van der Waals surface area contributed by atoms with Crippen molar-refractivity contribution >= 4 is 23.7 Å². The van der Waals surface area contributed by atoms with Crippen molar-refractivity contribution in [1.82, 2.24) is 19.8 Å². The van der Waals surface area contributed by atoms with Gasteiger partial charge in [-0.15, -0.1) is 0 Å². The largest absolute Gasteiger partial charge is 0.494 e. The Morgan fingerprint density at radius 2 is 1.97 bits per heavy atom. The van der Waals surface area contributed by atoms with E-state index in [9.17, 15) is 9.59 Å². The van der Waals surface area contributed by atoms with E-state index in [0.29, 0.717) is 25.7 Å². The highest BCUT2D eigenvalue weighted by Gasteiger charge is 2.32. The standard InChI is InChI=1S/C25H32N6O3/c1-19-5-2-12-29(19)13-4-16-34-21-8-6-20(7-9-21)31-15-14-30(18-23(31)32)25(33)22(17-26)24-27-10-3-11-28-24/h3,6-11,17,19,22,26H,2,4-5,12-16,18H2,1H3. The van der Waals surface area contributed by atoms with Crippen LogP contribution in [0.4, 0.5) is 5.69 Å². The van der Waals surface area contributed by atoms with Gasteiger partial charge in [0, 0.05) is 50.0 Å². The summed E-state index contributed by atoms with van der Waals surface area (Å²) in [6, 6.07) is 9.86. The molecule has 9 nitrogen and oxygen atoms in total. The number of carbonyl (C=O) groups is 2. The molecule has 2 amide bonds. The van der Waals surface area contributed by atoms with Gasteiger partial charge in [-0.25, -0.2) is 9.97 Å². The molecule has 0 aliphatic carbocycles. The van der Waals surface area contributed by atoms with Gasteiger partial charge in [0.05, 0.1) is 6.61 Å². The number of aromatic nitrogens is 2. The Morgan fingerprint density at radius 1 is 1.21 bits per heavy atom. The smallest absolute Gasteiger partial charge is 0.246 e. The lowest BCUT2D eigenvalue weighted by atomic mass is 10.1. The quantitative estimate of drug-likeness (QED) is 0.451. The SMILES string of the molecule is CC1CCCN1CCCOc1ccc(N2CCN(C(=O)C(C=N)c3ncccn3)CC2=O)cc1. The molecular formula is C25H32N6O3. The van der Waals surface area contributed by atoms with Gasteiger partial charge in [0.15, 0.2) is 0 Å². The molecule has 3 heterocycles. The molecule has 0 spiro atoms. The number of benzene rings is 1. The summed E-state index contributed by atoms with van der Waals surface area (Å²) >= 11 is 0. The van der Waals surface area contributed by atoms with Crippen LogP contribution in [-0.2, 0) is 9.59 Å². The number of hydrogen-bond donors (Lipinski definition) is 1. The molecule has 1 N–H and O–H groups in total. The molecule has 2 aliphatic heterocycles. The maximum Gasteiger partial charge on any atom is 0.246 e. The number of amides is 2. The Morgan fingerprint density at radius 3 is 2.62 bits per heavy atom. The van der Waals surface area contributed by atoms with E-state index in [4.69, 9.17) is 10.1 Å². The molecule has 1 aromatic carbocycles. The number of anilines is 1.